The van der Waals surface area contributed by atoms with Gasteiger partial charge in [0.25, 0.3) is 0 Å². The number of hydrogen-bond donors (Lipinski definition) is 2. The molecule has 0 bridgehead atoms. The van der Waals surface area contributed by atoms with E-state index < -0.39 is 10.0 Å². The summed E-state index contributed by atoms with van der Waals surface area (Å²) in [5.41, 5.74) is 1.87. The largest absolute Gasteiger partial charge is 0.340 e. The number of hydrogen-bond acceptors (Lipinski definition) is 5. The molecule has 1 aliphatic heterocycles. The van der Waals surface area contributed by atoms with Crippen LogP contribution in [0.4, 0.5) is 5.69 Å². The van der Waals surface area contributed by atoms with Gasteiger partial charge in [-0.15, -0.1) is 0 Å². The van der Waals surface area contributed by atoms with Gasteiger partial charge in [-0.05, 0) is 68.6 Å². The van der Waals surface area contributed by atoms with Crippen LogP contribution in [0.5, 0.6) is 0 Å². The molecule has 190 valence electrons. The first-order valence-corrected chi connectivity index (χ1v) is 13.9. The number of piperazine rings is 1. The Balaban J connectivity index is 1.81. The summed E-state index contributed by atoms with van der Waals surface area (Å²) in [4.78, 5) is 29.3. The highest BCUT2D eigenvalue weighted by Crippen LogP contribution is 2.44. The van der Waals surface area contributed by atoms with Gasteiger partial charge in [0.1, 0.15) is 4.90 Å². The van der Waals surface area contributed by atoms with Crippen molar-refractivity contribution in [2.45, 2.75) is 83.1 Å². The van der Waals surface area contributed by atoms with Crippen LogP contribution in [0.1, 0.15) is 83.3 Å². The summed E-state index contributed by atoms with van der Waals surface area (Å²) in [5.74, 6) is -0.0785. The monoisotopic (exact) mass is 492 g/mol. The van der Waals surface area contributed by atoms with Gasteiger partial charge >= 0.3 is 0 Å². The molecule has 0 atom stereocenters. The average Bonchev–Trinajstić information content (AvgIpc) is 2.77. The van der Waals surface area contributed by atoms with Gasteiger partial charge in [0.05, 0.1) is 5.69 Å². The van der Waals surface area contributed by atoms with Crippen molar-refractivity contribution in [1.29, 1.82) is 0 Å². The molecule has 3 N–H and O–H groups in total. The Labute approximate surface area is 204 Å². The maximum absolute atomic E-state index is 13.2. The van der Waals surface area contributed by atoms with Crippen molar-refractivity contribution in [3.05, 3.63) is 23.3 Å². The topological polar surface area (TPSA) is 113 Å². The number of anilines is 1. The van der Waals surface area contributed by atoms with E-state index in [1.165, 1.54) is 6.92 Å². The molecule has 2 fully saturated rings. The lowest BCUT2D eigenvalue weighted by Gasteiger charge is -2.39. The lowest BCUT2D eigenvalue weighted by molar-refractivity contribution is -0.138. The van der Waals surface area contributed by atoms with Crippen molar-refractivity contribution in [1.82, 2.24) is 9.80 Å². The minimum Gasteiger partial charge on any atom is -0.340 e. The summed E-state index contributed by atoms with van der Waals surface area (Å²) in [7, 11) is -4.07. The third-order valence-corrected chi connectivity index (χ3v) is 8.30. The number of amides is 2. The van der Waals surface area contributed by atoms with Crippen molar-refractivity contribution < 1.29 is 18.0 Å². The molecule has 1 aromatic rings. The Hall–Kier alpha value is -1.97. The van der Waals surface area contributed by atoms with Gasteiger partial charge < -0.3 is 10.2 Å². The first kappa shape index (κ1) is 26.6. The Kier molecular flexibility index (Phi) is 8.42. The van der Waals surface area contributed by atoms with E-state index in [4.69, 9.17) is 5.14 Å². The molecular weight excluding hydrogens is 452 g/mol. The van der Waals surface area contributed by atoms with Crippen LogP contribution in [0.25, 0.3) is 0 Å². The Morgan fingerprint density at radius 3 is 2.06 bits per heavy atom. The highest BCUT2D eigenvalue weighted by atomic mass is 32.2. The normalized spacial score (nSPS) is 22.3. The first-order chi connectivity index (χ1) is 15.9. The van der Waals surface area contributed by atoms with E-state index in [2.05, 4.69) is 24.1 Å². The number of primary sulfonamides is 1. The van der Waals surface area contributed by atoms with Crippen LogP contribution in [-0.2, 0) is 19.6 Å². The molecule has 0 aromatic heterocycles. The van der Waals surface area contributed by atoms with Gasteiger partial charge in [0.15, 0.2) is 0 Å². The van der Waals surface area contributed by atoms with Crippen molar-refractivity contribution in [3.63, 3.8) is 0 Å². The zero-order valence-electron chi connectivity index (χ0n) is 21.1. The minimum atomic E-state index is -4.07. The summed E-state index contributed by atoms with van der Waals surface area (Å²) in [6, 6.07) is 4.02. The third-order valence-electron chi connectivity index (χ3n) is 7.29. The van der Waals surface area contributed by atoms with E-state index in [9.17, 15) is 18.0 Å². The molecule has 34 heavy (non-hydrogen) atoms. The number of nitrogens with one attached hydrogen (secondary N) is 1. The van der Waals surface area contributed by atoms with Crippen LogP contribution in [-0.4, -0.2) is 62.3 Å². The van der Waals surface area contributed by atoms with Gasteiger partial charge in [-0.1, -0.05) is 19.9 Å². The summed E-state index contributed by atoms with van der Waals surface area (Å²) >= 11 is 0. The number of nitrogens with two attached hydrogens (primary N) is 1. The molecular formula is C25H40N4O4S. The molecule has 0 radical (unpaired) electrons. The van der Waals surface area contributed by atoms with Crippen molar-refractivity contribution in [3.8, 4) is 0 Å². The fourth-order valence-corrected chi connectivity index (χ4v) is 6.50. The molecule has 2 amide bonds. The molecule has 8 nitrogen and oxygen atoms in total. The predicted molar refractivity (Wildman–Crippen MR) is 134 cm³/mol. The summed E-state index contributed by atoms with van der Waals surface area (Å²) in [6.07, 6.45) is 2.88. The quantitative estimate of drug-likeness (QED) is 0.633. The van der Waals surface area contributed by atoms with Gasteiger partial charge in [-0.25, -0.2) is 13.6 Å². The van der Waals surface area contributed by atoms with E-state index in [-0.39, 0.29) is 40.2 Å². The molecule has 1 aromatic carbocycles. The number of carbonyl (C=O) groups excluding carboxylic acids is 2. The highest BCUT2D eigenvalue weighted by molar-refractivity contribution is 7.89. The van der Waals surface area contributed by atoms with Crippen LogP contribution in [0.3, 0.4) is 0 Å². The fourth-order valence-electron chi connectivity index (χ4n) is 5.48. The SMILES string of the molecule is CC(=O)Nc1ccc(C(C)C)c(C2CCC(C(=O)N3CCN(C(C)C)CC3)CC2)c1S(N)(=O)=O. The van der Waals surface area contributed by atoms with E-state index in [0.717, 1.165) is 44.6 Å². The van der Waals surface area contributed by atoms with E-state index in [1.807, 2.05) is 24.8 Å². The summed E-state index contributed by atoms with van der Waals surface area (Å²) in [6.45, 7) is 13.1. The van der Waals surface area contributed by atoms with Gasteiger partial charge in [-0.3, -0.25) is 14.5 Å². The van der Waals surface area contributed by atoms with Crippen LogP contribution in [0, 0.1) is 5.92 Å². The van der Waals surface area contributed by atoms with Gasteiger partial charge in [-0.2, -0.15) is 0 Å². The van der Waals surface area contributed by atoms with Crippen molar-refractivity contribution in [2.24, 2.45) is 11.1 Å². The Morgan fingerprint density at radius 1 is 1.00 bits per heavy atom. The molecule has 2 aliphatic rings. The third kappa shape index (κ3) is 5.98. The molecule has 1 saturated heterocycles. The molecule has 1 saturated carbocycles. The zero-order valence-corrected chi connectivity index (χ0v) is 22.0. The van der Waals surface area contributed by atoms with E-state index in [0.29, 0.717) is 24.4 Å². The van der Waals surface area contributed by atoms with Crippen LogP contribution < -0.4 is 10.5 Å². The fraction of sp³-hybridized carbons (Fsp3) is 0.680. The molecule has 0 unspecified atom stereocenters. The second kappa shape index (κ2) is 10.7. The first-order valence-electron chi connectivity index (χ1n) is 12.4. The van der Waals surface area contributed by atoms with Crippen LogP contribution >= 0.6 is 0 Å². The number of rotatable bonds is 6. The maximum Gasteiger partial charge on any atom is 0.240 e. The predicted octanol–water partition coefficient (Wildman–Crippen LogP) is 3.24. The highest BCUT2D eigenvalue weighted by Gasteiger charge is 2.35. The summed E-state index contributed by atoms with van der Waals surface area (Å²) < 4.78 is 25.4. The van der Waals surface area contributed by atoms with Crippen LogP contribution in [0.15, 0.2) is 17.0 Å². The van der Waals surface area contributed by atoms with Crippen molar-refractivity contribution in [2.75, 3.05) is 31.5 Å². The van der Waals surface area contributed by atoms with Gasteiger partial charge in [0, 0.05) is 45.1 Å². The van der Waals surface area contributed by atoms with Gasteiger partial charge in [0.2, 0.25) is 21.8 Å². The Morgan fingerprint density at radius 2 is 1.59 bits per heavy atom. The smallest absolute Gasteiger partial charge is 0.240 e. The standard InChI is InChI=1S/C25H40N4O4S/c1-16(2)21-10-11-22(27-18(5)30)24(34(26,32)33)23(21)19-6-8-20(9-7-19)25(31)29-14-12-28(13-15-29)17(3)4/h10-11,16-17,19-20H,6-9,12-15H2,1-5H3,(H,27,30)(H2,26,32,33). The van der Waals surface area contributed by atoms with E-state index >= 15 is 0 Å². The number of benzene rings is 1. The molecule has 3 rings (SSSR count). The van der Waals surface area contributed by atoms with Crippen LogP contribution in [0.2, 0.25) is 0 Å². The Bertz CT molecular complexity index is 1010. The molecule has 1 aliphatic carbocycles. The summed E-state index contributed by atoms with van der Waals surface area (Å²) in [5, 5.41) is 8.32. The number of nitrogens with zero attached hydrogens (tertiary/aromatic N) is 2. The lowest BCUT2D eigenvalue weighted by Crippen LogP contribution is -2.52. The minimum absolute atomic E-state index is 0.0217. The number of carbonyl (C=O) groups is 2. The average molecular weight is 493 g/mol. The van der Waals surface area contributed by atoms with E-state index in [1.54, 1.807) is 6.07 Å². The zero-order chi connectivity index (χ0) is 25.2. The molecule has 1 heterocycles. The molecule has 0 spiro atoms. The second-order valence-corrected chi connectivity index (χ2v) is 11.8. The van der Waals surface area contributed by atoms with Crippen molar-refractivity contribution >= 4 is 27.5 Å². The number of sulfonamides is 1. The maximum atomic E-state index is 13.2. The molecule has 9 heteroatoms. The lowest BCUT2D eigenvalue weighted by atomic mass is 9.75. The second-order valence-electron chi connectivity index (χ2n) is 10.3.